The zero-order valence-corrected chi connectivity index (χ0v) is 15.1. The van der Waals surface area contributed by atoms with Gasteiger partial charge in [0.15, 0.2) is 0 Å². The lowest BCUT2D eigenvalue weighted by Crippen LogP contribution is -2.10. The Morgan fingerprint density at radius 3 is 1.71 bits per heavy atom. The maximum Gasteiger partial charge on any atom is 0.0916 e. The van der Waals surface area contributed by atoms with E-state index in [9.17, 15) is 0 Å². The highest BCUT2D eigenvalue weighted by molar-refractivity contribution is 4.91. The van der Waals surface area contributed by atoms with Gasteiger partial charge in [-0.05, 0) is 18.8 Å². The second-order valence-electron chi connectivity index (χ2n) is 7.69. The largest absolute Gasteiger partial charge is 0.370 e. The zero-order chi connectivity index (χ0) is 15.4. The highest BCUT2D eigenvalue weighted by Gasteiger charge is 2.42. The Labute approximate surface area is 134 Å². The second-order valence-corrected chi connectivity index (χ2v) is 7.69. The number of hydrogen-bond donors (Lipinski definition) is 0. The van der Waals surface area contributed by atoms with Crippen LogP contribution in [0.15, 0.2) is 0 Å². The molecule has 1 fully saturated rings. The van der Waals surface area contributed by atoms with Crippen molar-refractivity contribution in [1.29, 1.82) is 0 Å². The molecule has 0 aliphatic carbocycles. The average Bonchev–Trinajstić information content (AvgIpc) is 3.21. The highest BCUT2D eigenvalue weighted by Crippen LogP contribution is 2.38. The van der Waals surface area contributed by atoms with Crippen LogP contribution in [-0.4, -0.2) is 12.2 Å². The Morgan fingerprint density at radius 2 is 1.24 bits per heavy atom. The van der Waals surface area contributed by atoms with Gasteiger partial charge in [0.1, 0.15) is 0 Å². The standard InChI is InChI=1S/C20H40O/c1-4-5-6-7-8-9-10-13-16-20(18-21-20)17-14-11-12-15-19(2)3/h19H,4-18H2,1-3H3. The van der Waals surface area contributed by atoms with E-state index in [2.05, 4.69) is 20.8 Å². The summed E-state index contributed by atoms with van der Waals surface area (Å²) >= 11 is 0. The third-order valence-electron chi connectivity index (χ3n) is 4.95. The van der Waals surface area contributed by atoms with E-state index in [0.29, 0.717) is 5.60 Å². The minimum atomic E-state index is 0.333. The lowest BCUT2D eigenvalue weighted by molar-refractivity contribution is 0.260. The first-order valence-electron chi connectivity index (χ1n) is 9.82. The van der Waals surface area contributed by atoms with Gasteiger partial charge < -0.3 is 4.74 Å². The Bertz CT molecular complexity index is 230. The fourth-order valence-corrected chi connectivity index (χ4v) is 3.27. The molecule has 1 heteroatoms. The van der Waals surface area contributed by atoms with Crippen molar-refractivity contribution in [3.8, 4) is 0 Å². The van der Waals surface area contributed by atoms with Gasteiger partial charge in [-0.25, -0.2) is 0 Å². The Hall–Kier alpha value is -0.0400. The van der Waals surface area contributed by atoms with Crippen molar-refractivity contribution in [2.75, 3.05) is 6.61 Å². The summed E-state index contributed by atoms with van der Waals surface area (Å²) in [5.74, 6) is 0.869. The normalized spacial score (nSPS) is 21.1. The van der Waals surface area contributed by atoms with Gasteiger partial charge in [-0.1, -0.05) is 97.8 Å². The van der Waals surface area contributed by atoms with Crippen molar-refractivity contribution < 1.29 is 4.74 Å². The molecular weight excluding hydrogens is 256 g/mol. The van der Waals surface area contributed by atoms with Crippen molar-refractivity contribution in [2.24, 2.45) is 5.92 Å². The van der Waals surface area contributed by atoms with Crippen LogP contribution in [0.1, 0.15) is 111 Å². The van der Waals surface area contributed by atoms with Crippen LogP contribution in [0.2, 0.25) is 0 Å². The maximum atomic E-state index is 5.78. The molecule has 0 radical (unpaired) electrons. The first-order valence-corrected chi connectivity index (χ1v) is 9.82. The van der Waals surface area contributed by atoms with Gasteiger partial charge in [-0.15, -0.1) is 0 Å². The summed E-state index contributed by atoms with van der Waals surface area (Å²) in [7, 11) is 0. The van der Waals surface area contributed by atoms with Crippen molar-refractivity contribution in [3.63, 3.8) is 0 Å². The molecule has 0 N–H and O–H groups in total. The maximum absolute atomic E-state index is 5.78. The summed E-state index contributed by atoms with van der Waals surface area (Å²) in [6, 6.07) is 0. The number of unbranched alkanes of at least 4 members (excludes halogenated alkanes) is 9. The van der Waals surface area contributed by atoms with E-state index < -0.39 is 0 Å². The number of ether oxygens (including phenoxy) is 1. The summed E-state index contributed by atoms with van der Waals surface area (Å²) in [6.07, 6.45) is 19.6. The Kier molecular flexibility index (Phi) is 10.4. The van der Waals surface area contributed by atoms with Crippen molar-refractivity contribution in [3.05, 3.63) is 0 Å². The van der Waals surface area contributed by atoms with Gasteiger partial charge in [-0.3, -0.25) is 0 Å². The molecule has 1 heterocycles. The van der Waals surface area contributed by atoms with Gasteiger partial charge in [-0.2, -0.15) is 0 Å². The molecule has 126 valence electrons. The van der Waals surface area contributed by atoms with Gasteiger partial charge in [0.2, 0.25) is 0 Å². The zero-order valence-electron chi connectivity index (χ0n) is 15.1. The minimum absolute atomic E-state index is 0.333. The molecule has 1 unspecified atom stereocenters. The molecule has 0 amide bonds. The molecule has 1 aliphatic rings. The van der Waals surface area contributed by atoms with Crippen LogP contribution in [0.5, 0.6) is 0 Å². The molecule has 0 aromatic rings. The van der Waals surface area contributed by atoms with Crippen LogP contribution in [0, 0.1) is 5.92 Å². The van der Waals surface area contributed by atoms with Crippen molar-refractivity contribution in [2.45, 2.75) is 116 Å². The van der Waals surface area contributed by atoms with E-state index in [1.54, 1.807) is 0 Å². The molecule has 1 saturated heterocycles. The van der Waals surface area contributed by atoms with Crippen LogP contribution in [0.4, 0.5) is 0 Å². The highest BCUT2D eigenvalue weighted by atomic mass is 16.6. The smallest absolute Gasteiger partial charge is 0.0916 e. The van der Waals surface area contributed by atoms with E-state index in [-0.39, 0.29) is 0 Å². The van der Waals surface area contributed by atoms with Crippen molar-refractivity contribution >= 4 is 0 Å². The van der Waals surface area contributed by atoms with E-state index >= 15 is 0 Å². The molecule has 1 rings (SSSR count). The predicted molar refractivity (Wildman–Crippen MR) is 93.8 cm³/mol. The third-order valence-corrected chi connectivity index (χ3v) is 4.95. The first kappa shape index (κ1) is 19.0. The fraction of sp³-hybridized carbons (Fsp3) is 1.00. The lowest BCUT2D eigenvalue weighted by Gasteiger charge is -2.12. The van der Waals surface area contributed by atoms with Crippen LogP contribution in [0.3, 0.4) is 0 Å². The number of epoxide rings is 1. The van der Waals surface area contributed by atoms with Crippen LogP contribution < -0.4 is 0 Å². The van der Waals surface area contributed by atoms with Crippen LogP contribution >= 0.6 is 0 Å². The monoisotopic (exact) mass is 296 g/mol. The minimum Gasteiger partial charge on any atom is -0.370 e. The molecule has 0 aromatic heterocycles. The van der Waals surface area contributed by atoms with E-state index in [1.807, 2.05) is 0 Å². The molecule has 1 atom stereocenters. The van der Waals surface area contributed by atoms with E-state index in [1.165, 1.54) is 89.9 Å². The molecular formula is C20H40O. The third kappa shape index (κ3) is 10.3. The van der Waals surface area contributed by atoms with Gasteiger partial charge in [0.05, 0.1) is 12.2 Å². The van der Waals surface area contributed by atoms with Gasteiger partial charge in [0, 0.05) is 0 Å². The molecule has 0 bridgehead atoms. The molecule has 21 heavy (non-hydrogen) atoms. The van der Waals surface area contributed by atoms with Gasteiger partial charge in [0.25, 0.3) is 0 Å². The lowest BCUT2D eigenvalue weighted by atomic mass is 9.94. The Balaban J connectivity index is 1.87. The second kappa shape index (κ2) is 11.5. The summed E-state index contributed by atoms with van der Waals surface area (Å²) in [5.41, 5.74) is 0.333. The van der Waals surface area contributed by atoms with Crippen molar-refractivity contribution in [1.82, 2.24) is 0 Å². The molecule has 0 aromatic carbocycles. The number of rotatable bonds is 15. The SMILES string of the molecule is CCCCCCCCCCC1(CCCCCC(C)C)CO1. The topological polar surface area (TPSA) is 12.5 Å². The summed E-state index contributed by atoms with van der Waals surface area (Å²) in [4.78, 5) is 0. The number of hydrogen-bond acceptors (Lipinski definition) is 1. The predicted octanol–water partition coefficient (Wildman–Crippen LogP) is 6.89. The summed E-state index contributed by atoms with van der Waals surface area (Å²) in [6.45, 7) is 7.99. The Morgan fingerprint density at radius 1 is 0.762 bits per heavy atom. The molecule has 1 aliphatic heterocycles. The summed E-state index contributed by atoms with van der Waals surface area (Å²) in [5, 5.41) is 0. The average molecular weight is 297 g/mol. The molecule has 0 saturated carbocycles. The fourth-order valence-electron chi connectivity index (χ4n) is 3.27. The first-order chi connectivity index (χ1) is 10.2. The van der Waals surface area contributed by atoms with E-state index in [4.69, 9.17) is 4.74 Å². The summed E-state index contributed by atoms with van der Waals surface area (Å²) < 4.78 is 5.78. The van der Waals surface area contributed by atoms with E-state index in [0.717, 1.165) is 12.5 Å². The van der Waals surface area contributed by atoms with Crippen LogP contribution in [-0.2, 0) is 4.74 Å². The van der Waals surface area contributed by atoms with Crippen LogP contribution in [0.25, 0.3) is 0 Å². The molecule has 1 nitrogen and oxygen atoms in total. The molecule has 0 spiro atoms. The quantitative estimate of drug-likeness (QED) is 0.237. The van der Waals surface area contributed by atoms with Gasteiger partial charge >= 0.3 is 0 Å².